The molecule has 1 heterocycles. The van der Waals surface area contributed by atoms with E-state index in [2.05, 4.69) is 20.8 Å². The van der Waals surface area contributed by atoms with Crippen LogP contribution in [-0.4, -0.2) is 40.4 Å². The number of thioether (sulfide) groups is 1. The molecule has 0 saturated carbocycles. The van der Waals surface area contributed by atoms with Crippen LogP contribution in [-0.2, 0) is 4.79 Å². The molecule has 1 aliphatic heterocycles. The first-order valence-electron chi connectivity index (χ1n) is 6.14. The number of hydrogen-bond acceptors (Lipinski definition) is 3. The van der Waals surface area contributed by atoms with E-state index in [1.165, 1.54) is 0 Å². The monoisotopic (exact) mass is 244 g/mol. The second-order valence-corrected chi connectivity index (χ2v) is 6.88. The van der Waals surface area contributed by atoms with E-state index >= 15 is 0 Å². The van der Waals surface area contributed by atoms with Crippen LogP contribution < -0.4 is 5.73 Å². The lowest BCUT2D eigenvalue weighted by Gasteiger charge is -2.25. The van der Waals surface area contributed by atoms with E-state index in [9.17, 15) is 4.79 Å². The van der Waals surface area contributed by atoms with Gasteiger partial charge in [0, 0.05) is 23.6 Å². The van der Waals surface area contributed by atoms with Gasteiger partial charge >= 0.3 is 0 Å². The summed E-state index contributed by atoms with van der Waals surface area (Å²) in [5.74, 6) is 1.16. The molecule has 0 radical (unpaired) electrons. The fourth-order valence-corrected chi connectivity index (χ4v) is 3.01. The van der Waals surface area contributed by atoms with Crippen molar-refractivity contribution in [2.45, 2.75) is 50.8 Å². The molecule has 0 bridgehead atoms. The first-order chi connectivity index (χ1) is 7.46. The molecule has 1 fully saturated rings. The number of carbonyl (C=O) groups excluding carboxylic acids is 1. The summed E-state index contributed by atoms with van der Waals surface area (Å²) in [5.41, 5.74) is 5.88. The van der Waals surface area contributed by atoms with Crippen molar-refractivity contribution in [3.05, 3.63) is 0 Å². The van der Waals surface area contributed by atoms with Crippen molar-refractivity contribution in [2.24, 2.45) is 5.73 Å². The quantitative estimate of drug-likeness (QED) is 0.824. The minimum atomic E-state index is -0.295. The molecule has 94 valence electrons. The Labute approximate surface area is 103 Å². The molecule has 1 aliphatic rings. The largest absolute Gasteiger partial charge is 0.340 e. The van der Waals surface area contributed by atoms with Crippen molar-refractivity contribution in [1.82, 2.24) is 4.90 Å². The van der Waals surface area contributed by atoms with Crippen LogP contribution in [0.3, 0.4) is 0 Å². The first-order valence-corrected chi connectivity index (χ1v) is 7.13. The molecule has 1 atom stereocenters. The summed E-state index contributed by atoms with van der Waals surface area (Å²) < 4.78 is 0.296. The lowest BCUT2D eigenvalue weighted by atomic mass is 10.1. The van der Waals surface area contributed by atoms with Gasteiger partial charge in [-0.3, -0.25) is 4.79 Å². The number of nitrogens with two attached hydrogens (primary N) is 1. The van der Waals surface area contributed by atoms with Gasteiger partial charge in [0.05, 0.1) is 6.04 Å². The molecule has 0 aliphatic carbocycles. The summed E-state index contributed by atoms with van der Waals surface area (Å²) in [6, 6.07) is -0.295. The van der Waals surface area contributed by atoms with Crippen LogP contribution in [0.15, 0.2) is 0 Å². The van der Waals surface area contributed by atoms with Gasteiger partial charge < -0.3 is 10.6 Å². The van der Waals surface area contributed by atoms with Gasteiger partial charge in [-0.1, -0.05) is 27.2 Å². The van der Waals surface area contributed by atoms with Gasteiger partial charge in [-0.05, 0) is 12.8 Å². The predicted molar refractivity (Wildman–Crippen MR) is 70.6 cm³/mol. The van der Waals surface area contributed by atoms with Gasteiger partial charge in [0.25, 0.3) is 0 Å². The molecule has 1 amide bonds. The molecule has 0 spiro atoms. The van der Waals surface area contributed by atoms with Crippen LogP contribution in [0.4, 0.5) is 0 Å². The third kappa shape index (κ3) is 3.98. The van der Waals surface area contributed by atoms with E-state index in [1.54, 1.807) is 0 Å². The highest BCUT2D eigenvalue weighted by atomic mass is 32.2. The van der Waals surface area contributed by atoms with Crippen molar-refractivity contribution in [3.63, 3.8) is 0 Å². The van der Waals surface area contributed by atoms with Gasteiger partial charge in [-0.2, -0.15) is 11.8 Å². The number of rotatable bonds is 3. The van der Waals surface area contributed by atoms with Gasteiger partial charge in [-0.25, -0.2) is 0 Å². The highest BCUT2D eigenvalue weighted by Crippen LogP contribution is 2.30. The van der Waals surface area contributed by atoms with E-state index in [4.69, 9.17) is 5.73 Å². The average molecular weight is 244 g/mol. The summed E-state index contributed by atoms with van der Waals surface area (Å²) in [4.78, 5) is 14.0. The molecular weight excluding hydrogens is 220 g/mol. The molecule has 0 aromatic heterocycles. The van der Waals surface area contributed by atoms with E-state index in [1.807, 2.05) is 16.7 Å². The average Bonchev–Trinajstić information content (AvgIpc) is 2.39. The molecule has 4 heteroatoms. The van der Waals surface area contributed by atoms with E-state index in [-0.39, 0.29) is 11.9 Å². The number of hydrogen-bond donors (Lipinski definition) is 1. The maximum atomic E-state index is 12.0. The highest BCUT2D eigenvalue weighted by Gasteiger charge is 2.27. The molecule has 0 aromatic rings. The Morgan fingerprint density at radius 1 is 1.50 bits per heavy atom. The van der Waals surface area contributed by atoms with Crippen LogP contribution >= 0.6 is 11.8 Å². The van der Waals surface area contributed by atoms with Gasteiger partial charge in [0.15, 0.2) is 0 Å². The van der Waals surface area contributed by atoms with Crippen LogP contribution in [0.1, 0.15) is 40.0 Å². The Bertz CT molecular complexity index is 243. The summed E-state index contributed by atoms with van der Waals surface area (Å²) in [5, 5.41) is 0. The molecule has 1 saturated heterocycles. The molecule has 0 aromatic carbocycles. The molecule has 2 N–H and O–H groups in total. The van der Waals surface area contributed by atoms with Crippen LogP contribution in [0.2, 0.25) is 0 Å². The van der Waals surface area contributed by atoms with Crippen molar-refractivity contribution < 1.29 is 4.79 Å². The lowest BCUT2D eigenvalue weighted by molar-refractivity contribution is -0.132. The van der Waals surface area contributed by atoms with Crippen molar-refractivity contribution in [1.29, 1.82) is 0 Å². The summed E-state index contributed by atoms with van der Waals surface area (Å²) >= 11 is 1.95. The maximum absolute atomic E-state index is 12.0. The highest BCUT2D eigenvalue weighted by molar-refractivity contribution is 8.00. The number of carbonyl (C=O) groups is 1. The number of amides is 1. The molecule has 1 rings (SSSR count). The topological polar surface area (TPSA) is 46.3 Å². The van der Waals surface area contributed by atoms with Gasteiger partial charge in [0.2, 0.25) is 5.91 Å². The Morgan fingerprint density at radius 2 is 2.19 bits per heavy atom. The SMILES string of the molecule is CCC[C@@H](N)C(=O)N1CCSC(C)(C)CC1. The van der Waals surface area contributed by atoms with E-state index < -0.39 is 0 Å². The molecule has 0 unspecified atom stereocenters. The Morgan fingerprint density at radius 3 is 2.81 bits per heavy atom. The van der Waals surface area contributed by atoms with Crippen LogP contribution in [0, 0.1) is 0 Å². The van der Waals surface area contributed by atoms with Crippen LogP contribution in [0.5, 0.6) is 0 Å². The lowest BCUT2D eigenvalue weighted by Crippen LogP contribution is -2.44. The number of nitrogens with zero attached hydrogens (tertiary/aromatic N) is 1. The van der Waals surface area contributed by atoms with Crippen molar-refractivity contribution >= 4 is 17.7 Å². The summed E-state index contributed by atoms with van der Waals surface area (Å²) in [6.07, 6.45) is 2.83. The Hall–Kier alpha value is -0.220. The zero-order valence-corrected chi connectivity index (χ0v) is 11.5. The van der Waals surface area contributed by atoms with Crippen molar-refractivity contribution in [3.8, 4) is 0 Å². The maximum Gasteiger partial charge on any atom is 0.239 e. The third-order valence-electron chi connectivity index (χ3n) is 3.07. The van der Waals surface area contributed by atoms with E-state index in [0.29, 0.717) is 4.75 Å². The molecule has 3 nitrogen and oxygen atoms in total. The van der Waals surface area contributed by atoms with Gasteiger partial charge in [0.1, 0.15) is 0 Å². The molecule has 16 heavy (non-hydrogen) atoms. The normalized spacial score (nSPS) is 22.6. The molecular formula is C12H24N2OS. The smallest absolute Gasteiger partial charge is 0.239 e. The third-order valence-corrected chi connectivity index (χ3v) is 4.44. The predicted octanol–water partition coefficient (Wildman–Crippen LogP) is 1.86. The zero-order chi connectivity index (χ0) is 12.2. The zero-order valence-electron chi connectivity index (χ0n) is 10.7. The van der Waals surface area contributed by atoms with Gasteiger partial charge in [-0.15, -0.1) is 0 Å². The second kappa shape index (κ2) is 5.92. The second-order valence-electron chi connectivity index (χ2n) is 5.08. The fourth-order valence-electron chi connectivity index (χ4n) is 1.91. The van der Waals surface area contributed by atoms with Crippen molar-refractivity contribution in [2.75, 3.05) is 18.8 Å². The van der Waals surface area contributed by atoms with E-state index in [0.717, 1.165) is 38.1 Å². The Balaban J connectivity index is 2.51. The first kappa shape index (κ1) is 13.8. The summed E-state index contributed by atoms with van der Waals surface area (Å²) in [6.45, 7) is 8.27. The standard InChI is InChI=1S/C12H24N2OS/c1-4-5-10(13)11(15)14-7-6-12(2,3)16-9-8-14/h10H,4-9,13H2,1-3H3/t10-/m1/s1. The minimum absolute atomic E-state index is 0.139. The fraction of sp³-hybridized carbons (Fsp3) is 0.917. The Kier molecular flexibility index (Phi) is 5.12. The minimum Gasteiger partial charge on any atom is -0.340 e. The summed E-state index contributed by atoms with van der Waals surface area (Å²) in [7, 11) is 0. The van der Waals surface area contributed by atoms with Crippen LogP contribution in [0.25, 0.3) is 0 Å².